The first-order valence-electron chi connectivity index (χ1n) is 41.1. The molecule has 1 spiro atoms. The van der Waals surface area contributed by atoms with Crippen molar-refractivity contribution in [2.75, 3.05) is 9.80 Å². The quantitative estimate of drug-likeness (QED) is 0.133. The molecule has 19 rings (SSSR count). The molecule has 0 atom stereocenters. The van der Waals surface area contributed by atoms with Gasteiger partial charge in [0, 0.05) is 45.0 Å². The summed E-state index contributed by atoms with van der Waals surface area (Å²) in [6.45, 7) is 35.3. The second-order valence-electron chi connectivity index (χ2n) is 37.6. The maximum absolute atomic E-state index is 2.79. The Balaban J connectivity index is 1.02. The Morgan fingerprint density at radius 2 is 0.535 bits per heavy atom. The molecule has 0 fully saturated rings. The monoisotopic (exact) mass is 1470 g/mol. The van der Waals surface area contributed by atoms with Crippen molar-refractivity contribution < 1.29 is 0 Å². The molecule has 0 N–H and O–H groups in total. The van der Waals surface area contributed by atoms with Gasteiger partial charge >= 0.3 is 0 Å². The van der Waals surface area contributed by atoms with Crippen molar-refractivity contribution in [1.82, 2.24) is 0 Å². The summed E-state index contributed by atoms with van der Waals surface area (Å²) < 4.78 is 0. The van der Waals surface area contributed by atoms with Crippen LogP contribution >= 0.6 is 0 Å². The summed E-state index contributed by atoms with van der Waals surface area (Å²) in [6.07, 6.45) is 0. The van der Waals surface area contributed by atoms with Gasteiger partial charge in [0.25, 0.3) is 6.71 Å². The molecule has 2 heterocycles. The molecule has 0 amide bonds. The number of anilines is 6. The van der Waals surface area contributed by atoms with E-state index in [-0.39, 0.29) is 33.8 Å². The fourth-order valence-electron chi connectivity index (χ4n) is 19.2. The summed E-state index contributed by atoms with van der Waals surface area (Å²) in [7, 11) is 0. The molecule has 2 aliphatic carbocycles. The number of fused-ring (bicyclic) bond motifs is 14. The summed E-state index contributed by atoms with van der Waals surface area (Å²) in [4.78, 5) is 5.52. The minimum Gasteiger partial charge on any atom is -0.310 e. The largest absolute Gasteiger partial charge is 0.310 e. The van der Waals surface area contributed by atoms with Gasteiger partial charge in [-0.2, -0.15) is 0 Å². The molecule has 2 aliphatic heterocycles. The summed E-state index contributed by atoms with van der Waals surface area (Å²) in [6, 6.07) is 128. The lowest BCUT2D eigenvalue weighted by molar-refractivity contribution is 0.568. The zero-order valence-electron chi connectivity index (χ0n) is 68.6. The Bertz CT molecular complexity index is 6120. The molecule has 2 nitrogen and oxygen atoms in total. The van der Waals surface area contributed by atoms with Gasteiger partial charge in [-0.25, -0.2) is 0 Å². The van der Waals surface area contributed by atoms with Crippen LogP contribution in [0.25, 0.3) is 100 Å². The number of hydrogen-bond acceptors (Lipinski definition) is 2. The van der Waals surface area contributed by atoms with Crippen LogP contribution in [0.2, 0.25) is 0 Å². The van der Waals surface area contributed by atoms with E-state index < -0.39 is 5.41 Å². The molecule has 0 aromatic heterocycles. The van der Waals surface area contributed by atoms with Gasteiger partial charge in [0.05, 0.1) is 16.8 Å². The zero-order chi connectivity index (χ0) is 78.7. The van der Waals surface area contributed by atoms with Crippen molar-refractivity contribution in [1.29, 1.82) is 0 Å². The van der Waals surface area contributed by atoms with Crippen molar-refractivity contribution >= 4 is 57.2 Å². The SMILES string of the molecule is CC(C)(C)c1cc(-c2ccc3c(c2)B2c4ccc(-c5cccc6c5C5(c7ccccc7-c7ccccc75)c5ccccc5-6)cc4N(c4c(-c5ccccc5)cc(C(C)(C)C)cc4-c4ccccc4)c4cc(-c5cc(C(C)(C)C)cc(C(C)(C)C)c5)cc(c42)N3c2c(-c3ccccc3)cccc2-c2ccccc2)cc(C(C)(C)C)c1. The average molecular weight is 1470 g/mol. The fourth-order valence-corrected chi connectivity index (χ4v) is 19.2. The van der Waals surface area contributed by atoms with Gasteiger partial charge in [0.2, 0.25) is 0 Å². The van der Waals surface area contributed by atoms with E-state index >= 15 is 0 Å². The van der Waals surface area contributed by atoms with Crippen LogP contribution in [0, 0.1) is 0 Å². The number of benzene rings is 15. The number of rotatable bonds is 9. The van der Waals surface area contributed by atoms with Crippen molar-refractivity contribution in [3.05, 3.63) is 378 Å². The molecular formula is C111H99BN2. The van der Waals surface area contributed by atoms with Crippen molar-refractivity contribution in [2.45, 2.75) is 136 Å². The smallest absolute Gasteiger partial charge is 0.252 e. The van der Waals surface area contributed by atoms with Gasteiger partial charge in [0.1, 0.15) is 0 Å². The zero-order valence-corrected chi connectivity index (χ0v) is 68.6. The minimum absolute atomic E-state index is 0.112. The predicted octanol–water partition coefficient (Wildman–Crippen LogP) is 28.3. The highest BCUT2D eigenvalue weighted by Gasteiger charge is 2.53. The molecule has 0 unspecified atom stereocenters. The van der Waals surface area contributed by atoms with Crippen LogP contribution in [-0.2, 0) is 32.5 Å². The van der Waals surface area contributed by atoms with E-state index in [2.05, 4.69) is 441 Å². The molecule has 3 heteroatoms. The van der Waals surface area contributed by atoms with Crippen LogP contribution in [0.5, 0.6) is 0 Å². The van der Waals surface area contributed by atoms with Crippen LogP contribution in [0.3, 0.4) is 0 Å². The van der Waals surface area contributed by atoms with Gasteiger partial charge in [-0.15, -0.1) is 0 Å². The van der Waals surface area contributed by atoms with Gasteiger partial charge in [0.15, 0.2) is 0 Å². The second-order valence-corrected chi connectivity index (χ2v) is 37.6. The highest BCUT2D eigenvalue weighted by molar-refractivity contribution is 7.00. The normalized spacial score (nSPS) is 13.8. The highest BCUT2D eigenvalue weighted by Crippen LogP contribution is 2.65. The molecular weight excluding hydrogens is 1370 g/mol. The average Bonchev–Trinajstić information content (AvgIpc) is 1.46. The van der Waals surface area contributed by atoms with Gasteiger partial charge in [-0.3, -0.25) is 0 Å². The number of nitrogens with zero attached hydrogens (tertiary/aromatic N) is 2. The van der Waals surface area contributed by atoms with Crippen molar-refractivity contribution in [2.24, 2.45) is 0 Å². The summed E-state index contributed by atoms with van der Waals surface area (Å²) in [5.74, 6) is 0. The molecule has 4 aliphatic rings. The van der Waals surface area contributed by atoms with Gasteiger partial charge in [-0.1, -0.05) is 395 Å². The number of hydrogen-bond donors (Lipinski definition) is 0. The molecule has 0 saturated carbocycles. The van der Waals surface area contributed by atoms with Crippen molar-refractivity contribution in [3.8, 4) is 100 Å². The maximum Gasteiger partial charge on any atom is 0.252 e. The van der Waals surface area contributed by atoms with Gasteiger partial charge in [-0.05, 0) is 208 Å². The Morgan fingerprint density at radius 1 is 0.211 bits per heavy atom. The molecule has 0 saturated heterocycles. The van der Waals surface area contributed by atoms with Crippen molar-refractivity contribution in [3.63, 3.8) is 0 Å². The van der Waals surface area contributed by atoms with E-state index in [0.29, 0.717) is 0 Å². The van der Waals surface area contributed by atoms with Gasteiger partial charge < -0.3 is 9.80 Å². The number of para-hydroxylation sites is 1. The minimum atomic E-state index is -0.604. The third kappa shape index (κ3) is 11.7. The first kappa shape index (κ1) is 72.2. The fraction of sp³-hybridized carbons (Fsp3) is 0.189. The van der Waals surface area contributed by atoms with Crippen LogP contribution < -0.4 is 26.2 Å². The Hall–Kier alpha value is -12.0. The Labute approximate surface area is 676 Å². The molecule has 0 radical (unpaired) electrons. The van der Waals surface area contributed by atoms with Crippen LogP contribution in [0.4, 0.5) is 34.1 Å². The Kier molecular flexibility index (Phi) is 16.8. The maximum atomic E-state index is 2.79. The topological polar surface area (TPSA) is 6.48 Å². The lowest BCUT2D eigenvalue weighted by Gasteiger charge is -2.46. The van der Waals surface area contributed by atoms with Crippen LogP contribution in [0.1, 0.15) is 154 Å². The molecule has 114 heavy (non-hydrogen) atoms. The van der Waals surface area contributed by atoms with E-state index in [4.69, 9.17) is 0 Å². The molecule has 556 valence electrons. The van der Waals surface area contributed by atoms with Crippen LogP contribution in [0.15, 0.2) is 328 Å². The van der Waals surface area contributed by atoms with E-state index in [1.165, 1.54) is 122 Å². The second kappa shape index (κ2) is 26.5. The van der Waals surface area contributed by atoms with E-state index in [1.54, 1.807) is 0 Å². The third-order valence-corrected chi connectivity index (χ3v) is 25.2. The molecule has 15 aromatic rings. The van der Waals surface area contributed by atoms with E-state index in [1.807, 2.05) is 0 Å². The first-order chi connectivity index (χ1) is 54.7. The summed E-state index contributed by atoms with van der Waals surface area (Å²) in [5.41, 5.74) is 42.5. The molecule has 15 aromatic carbocycles. The first-order valence-corrected chi connectivity index (χ1v) is 41.1. The summed E-state index contributed by atoms with van der Waals surface area (Å²) in [5, 5.41) is 0. The third-order valence-electron chi connectivity index (χ3n) is 25.2. The standard InChI is InChI=1S/C111H99BN2/c1-106(2,3)79-58-76(59-80(66-79)107(4,5)6)74-55-57-98-97(62-74)112-96-56-54-75(84-47-34-50-90-89-46-30-33-53-95(89)111(102(84)90)93-51-31-28-44-87(93)88-45-29-32-52-94(88)111)63-99(96)114(105-91(72-40-24-18-25-41-72)68-83(110(13,14)15)69-92(105)73-42-26-19-27-43-73)101-65-78(77-60-81(108(7,8)9)67-82(61-77)109(10,11)12)64-100(103(101)112)113(98)104-85(70-36-20-16-21-37-70)48-35-49-86(104)71-38-22-17-23-39-71/h16-69H,1-15H3. The lowest BCUT2D eigenvalue weighted by atomic mass is 9.33. The Morgan fingerprint density at radius 3 is 0.974 bits per heavy atom. The predicted molar refractivity (Wildman–Crippen MR) is 488 cm³/mol. The van der Waals surface area contributed by atoms with E-state index in [0.717, 1.165) is 78.6 Å². The van der Waals surface area contributed by atoms with Crippen LogP contribution in [-0.4, -0.2) is 6.71 Å². The van der Waals surface area contributed by atoms with E-state index in [9.17, 15) is 0 Å². The summed E-state index contributed by atoms with van der Waals surface area (Å²) >= 11 is 0. The highest BCUT2D eigenvalue weighted by atomic mass is 15.2. The lowest BCUT2D eigenvalue weighted by Crippen LogP contribution is -2.61. The molecule has 0 bridgehead atoms.